The van der Waals surface area contributed by atoms with E-state index in [1.54, 1.807) is 14.0 Å². The van der Waals surface area contributed by atoms with Crippen LogP contribution in [0.25, 0.3) is 0 Å². The fourth-order valence-electron chi connectivity index (χ4n) is 0.951. The van der Waals surface area contributed by atoms with Gasteiger partial charge in [-0.1, -0.05) is 11.6 Å². The van der Waals surface area contributed by atoms with Gasteiger partial charge in [-0.15, -0.1) is 0 Å². The lowest BCUT2D eigenvalue weighted by Crippen LogP contribution is -2.20. The van der Waals surface area contributed by atoms with E-state index in [1.165, 1.54) is 10.6 Å². The van der Waals surface area contributed by atoms with Crippen LogP contribution in [0.1, 0.15) is 11.1 Å². The molecule has 0 N–H and O–H groups in total. The third-order valence-corrected chi connectivity index (χ3v) is 2.10. The molecule has 0 atom stereocenters. The molecule has 0 aliphatic heterocycles. The molecule has 1 rings (SSSR count). The average molecular weight is 183 g/mol. The van der Waals surface area contributed by atoms with Gasteiger partial charge in [0.25, 0.3) is 5.56 Å². The molecule has 12 heavy (non-hydrogen) atoms. The van der Waals surface area contributed by atoms with E-state index in [1.807, 2.05) is 6.07 Å². The molecule has 0 unspecified atom stereocenters. The summed E-state index contributed by atoms with van der Waals surface area (Å²) in [6.07, 6.45) is 0. The normalized spacial score (nSPS) is 9.50. The number of nitrogens with zero attached hydrogens (tertiary/aromatic N) is 2. The zero-order valence-electron chi connectivity index (χ0n) is 6.76. The minimum Gasteiger partial charge on any atom is -0.301 e. The van der Waals surface area contributed by atoms with Gasteiger partial charge >= 0.3 is 0 Å². The molecule has 1 aromatic rings. The zero-order chi connectivity index (χ0) is 9.30. The van der Waals surface area contributed by atoms with Crippen molar-refractivity contribution in [3.63, 3.8) is 0 Å². The summed E-state index contributed by atoms with van der Waals surface area (Å²) >= 11 is 5.71. The van der Waals surface area contributed by atoms with Crippen molar-refractivity contribution in [1.29, 1.82) is 5.26 Å². The minimum absolute atomic E-state index is 0.168. The molecular weight excluding hydrogens is 176 g/mol. The summed E-state index contributed by atoms with van der Waals surface area (Å²) in [5.41, 5.74) is 0.689. The molecule has 0 saturated carbocycles. The molecule has 0 amide bonds. The number of hydrogen-bond donors (Lipinski definition) is 0. The molecule has 0 bridgehead atoms. The van der Waals surface area contributed by atoms with Gasteiger partial charge in [-0.3, -0.25) is 4.79 Å². The van der Waals surface area contributed by atoms with E-state index in [-0.39, 0.29) is 10.7 Å². The van der Waals surface area contributed by atoms with Crippen molar-refractivity contribution in [1.82, 2.24) is 4.57 Å². The smallest absolute Gasteiger partial charge is 0.254 e. The lowest BCUT2D eigenvalue weighted by molar-refractivity contribution is 0.846. The fourth-order valence-corrected chi connectivity index (χ4v) is 1.12. The Balaban J connectivity index is 3.64. The van der Waals surface area contributed by atoms with Gasteiger partial charge in [-0.05, 0) is 13.0 Å². The molecule has 0 aliphatic rings. The Kier molecular flexibility index (Phi) is 2.20. The Morgan fingerprint density at radius 3 is 2.75 bits per heavy atom. The van der Waals surface area contributed by atoms with Crippen LogP contribution in [0.4, 0.5) is 0 Å². The van der Waals surface area contributed by atoms with E-state index in [0.29, 0.717) is 11.1 Å². The largest absolute Gasteiger partial charge is 0.301 e. The minimum atomic E-state index is -0.168. The molecule has 3 nitrogen and oxygen atoms in total. The van der Waals surface area contributed by atoms with E-state index in [4.69, 9.17) is 16.9 Å². The molecule has 1 heterocycles. The average Bonchev–Trinajstić information content (AvgIpc) is 2.08. The first-order valence-electron chi connectivity index (χ1n) is 3.34. The Bertz CT molecular complexity index is 414. The number of hydrogen-bond acceptors (Lipinski definition) is 2. The van der Waals surface area contributed by atoms with Crippen molar-refractivity contribution in [3.8, 4) is 6.07 Å². The number of aromatic nitrogens is 1. The molecule has 4 heteroatoms. The first-order valence-corrected chi connectivity index (χ1v) is 3.72. The number of rotatable bonds is 0. The molecule has 0 radical (unpaired) electrons. The van der Waals surface area contributed by atoms with Gasteiger partial charge in [0.15, 0.2) is 0 Å². The summed E-state index contributed by atoms with van der Waals surface area (Å²) in [7, 11) is 1.54. The van der Waals surface area contributed by atoms with Gasteiger partial charge in [-0.25, -0.2) is 0 Å². The van der Waals surface area contributed by atoms with Gasteiger partial charge in [0, 0.05) is 12.6 Å². The SMILES string of the molecule is Cc1cc(C#N)c(Cl)n(C)c1=O. The van der Waals surface area contributed by atoms with Crippen LogP contribution in [0.5, 0.6) is 0 Å². The molecule has 0 fully saturated rings. The van der Waals surface area contributed by atoms with Crippen LogP contribution in [0.2, 0.25) is 5.15 Å². The maximum atomic E-state index is 11.2. The molecule has 62 valence electrons. The highest BCUT2D eigenvalue weighted by atomic mass is 35.5. The number of aryl methyl sites for hydroxylation is 1. The standard InChI is InChI=1S/C8H7ClN2O/c1-5-3-6(4-10)7(9)11(2)8(5)12/h3H,1-2H3. The molecule has 0 aromatic carbocycles. The maximum Gasteiger partial charge on any atom is 0.254 e. The Hall–Kier alpha value is -1.27. The lowest BCUT2D eigenvalue weighted by atomic mass is 10.2. The summed E-state index contributed by atoms with van der Waals surface area (Å²) in [5.74, 6) is 0. The third-order valence-electron chi connectivity index (χ3n) is 1.64. The number of pyridine rings is 1. The monoisotopic (exact) mass is 182 g/mol. The Morgan fingerprint density at radius 1 is 1.67 bits per heavy atom. The van der Waals surface area contributed by atoms with Crippen molar-refractivity contribution >= 4 is 11.6 Å². The molecular formula is C8H7ClN2O. The van der Waals surface area contributed by atoms with Gasteiger partial charge in [0.05, 0.1) is 5.56 Å². The molecule has 0 saturated heterocycles. The van der Waals surface area contributed by atoms with Crippen LogP contribution in [-0.2, 0) is 7.05 Å². The first kappa shape index (κ1) is 8.82. The zero-order valence-corrected chi connectivity index (χ0v) is 7.51. The summed E-state index contributed by atoms with van der Waals surface area (Å²) in [5, 5.41) is 8.80. The predicted octanol–water partition coefficient (Wildman–Crippen LogP) is 1.22. The molecule has 1 aromatic heterocycles. The molecule has 0 aliphatic carbocycles. The second kappa shape index (κ2) is 3.00. The highest BCUT2D eigenvalue weighted by Crippen LogP contribution is 2.11. The van der Waals surface area contributed by atoms with E-state index < -0.39 is 0 Å². The van der Waals surface area contributed by atoms with Crippen LogP contribution in [0.15, 0.2) is 10.9 Å². The van der Waals surface area contributed by atoms with Crippen molar-refractivity contribution in [2.45, 2.75) is 6.92 Å². The van der Waals surface area contributed by atoms with Gasteiger partial charge in [-0.2, -0.15) is 5.26 Å². The lowest BCUT2D eigenvalue weighted by Gasteiger charge is -2.03. The van der Waals surface area contributed by atoms with Crippen LogP contribution in [0.3, 0.4) is 0 Å². The van der Waals surface area contributed by atoms with Crippen molar-refractivity contribution in [3.05, 3.63) is 32.7 Å². The van der Waals surface area contributed by atoms with Crippen molar-refractivity contribution in [2.75, 3.05) is 0 Å². The van der Waals surface area contributed by atoms with E-state index >= 15 is 0 Å². The predicted molar refractivity (Wildman–Crippen MR) is 46.1 cm³/mol. The van der Waals surface area contributed by atoms with Crippen molar-refractivity contribution in [2.24, 2.45) is 7.05 Å². The van der Waals surface area contributed by atoms with Crippen LogP contribution in [-0.4, -0.2) is 4.57 Å². The van der Waals surface area contributed by atoms with Crippen LogP contribution < -0.4 is 5.56 Å². The maximum absolute atomic E-state index is 11.2. The summed E-state index contributed by atoms with van der Waals surface area (Å²) < 4.78 is 1.26. The quantitative estimate of drug-likeness (QED) is 0.567. The number of halogens is 1. The van der Waals surface area contributed by atoms with Gasteiger partial charge < -0.3 is 4.57 Å². The molecule has 0 spiro atoms. The summed E-state index contributed by atoms with van der Waals surface area (Å²) in [4.78, 5) is 11.2. The van der Waals surface area contributed by atoms with E-state index in [2.05, 4.69) is 0 Å². The second-order valence-electron chi connectivity index (χ2n) is 2.51. The van der Waals surface area contributed by atoms with E-state index in [9.17, 15) is 4.79 Å². The third kappa shape index (κ3) is 1.21. The first-order chi connectivity index (χ1) is 5.57. The topological polar surface area (TPSA) is 45.8 Å². The summed E-state index contributed by atoms with van der Waals surface area (Å²) in [6.45, 7) is 1.65. The Morgan fingerprint density at radius 2 is 2.25 bits per heavy atom. The second-order valence-corrected chi connectivity index (χ2v) is 2.87. The van der Waals surface area contributed by atoms with E-state index in [0.717, 1.165) is 0 Å². The highest BCUT2D eigenvalue weighted by molar-refractivity contribution is 6.30. The fraction of sp³-hybridized carbons (Fsp3) is 0.250. The van der Waals surface area contributed by atoms with Crippen LogP contribution in [0, 0.1) is 18.3 Å². The summed E-state index contributed by atoms with van der Waals surface area (Å²) in [6, 6.07) is 3.40. The van der Waals surface area contributed by atoms with Crippen LogP contribution >= 0.6 is 11.6 Å². The Labute approximate surface area is 74.8 Å². The highest BCUT2D eigenvalue weighted by Gasteiger charge is 2.06. The van der Waals surface area contributed by atoms with Gasteiger partial charge in [0.2, 0.25) is 0 Å². The van der Waals surface area contributed by atoms with Gasteiger partial charge in [0.1, 0.15) is 11.2 Å². The van der Waals surface area contributed by atoms with Crippen molar-refractivity contribution < 1.29 is 0 Å². The number of nitriles is 1.